The fraction of sp³-hybridized carbons (Fsp3) is 0.533. The van der Waals surface area contributed by atoms with Crippen molar-refractivity contribution in [3.63, 3.8) is 0 Å². The molecule has 0 saturated heterocycles. The summed E-state index contributed by atoms with van der Waals surface area (Å²) in [6.07, 6.45) is 8.01. The molecule has 2 aromatic rings. The molecule has 2 N–H and O–H groups in total. The average Bonchev–Trinajstić information content (AvgIpc) is 3.20. The number of hydrogen-bond acceptors (Lipinski definition) is 5. The van der Waals surface area contributed by atoms with Gasteiger partial charge in [-0.3, -0.25) is 9.48 Å². The number of carbonyl (C=O) groups excluding carboxylic acids is 1. The van der Waals surface area contributed by atoms with E-state index in [-0.39, 0.29) is 5.78 Å². The Bertz CT molecular complexity index is 613. The molecule has 0 atom stereocenters. The molecule has 0 bridgehead atoms. The van der Waals surface area contributed by atoms with Crippen LogP contribution in [0.4, 0.5) is 0 Å². The van der Waals surface area contributed by atoms with E-state index in [4.69, 9.17) is 5.73 Å². The van der Waals surface area contributed by atoms with Crippen LogP contribution in [0.15, 0.2) is 17.6 Å². The fourth-order valence-corrected chi connectivity index (χ4v) is 3.59. The van der Waals surface area contributed by atoms with E-state index in [0.717, 1.165) is 17.1 Å². The monoisotopic (exact) mass is 304 g/mol. The summed E-state index contributed by atoms with van der Waals surface area (Å²) in [5.41, 5.74) is 6.88. The molecular formula is C15H20N4OS. The van der Waals surface area contributed by atoms with E-state index in [1.807, 2.05) is 22.3 Å². The van der Waals surface area contributed by atoms with Crippen LogP contribution in [0, 0.1) is 0 Å². The van der Waals surface area contributed by atoms with Crippen molar-refractivity contribution < 1.29 is 4.79 Å². The molecule has 0 spiro atoms. The van der Waals surface area contributed by atoms with E-state index in [2.05, 4.69) is 10.1 Å². The van der Waals surface area contributed by atoms with Gasteiger partial charge in [-0.25, -0.2) is 4.98 Å². The zero-order valence-electron chi connectivity index (χ0n) is 12.0. The zero-order valence-corrected chi connectivity index (χ0v) is 12.8. The van der Waals surface area contributed by atoms with E-state index in [9.17, 15) is 4.79 Å². The Morgan fingerprint density at radius 2 is 2.24 bits per heavy atom. The van der Waals surface area contributed by atoms with Crippen LogP contribution in [0.25, 0.3) is 0 Å². The highest BCUT2D eigenvalue weighted by molar-refractivity contribution is 7.09. The number of rotatable bonds is 6. The third-order valence-corrected chi connectivity index (χ3v) is 4.81. The highest BCUT2D eigenvalue weighted by Gasteiger charge is 2.19. The number of hydrogen-bond donors (Lipinski definition) is 1. The number of aromatic nitrogens is 3. The Morgan fingerprint density at radius 1 is 1.43 bits per heavy atom. The first-order valence-corrected chi connectivity index (χ1v) is 8.36. The van der Waals surface area contributed by atoms with Crippen molar-refractivity contribution >= 4 is 17.1 Å². The second kappa shape index (κ2) is 6.49. The normalized spacial score (nSPS) is 15.7. The van der Waals surface area contributed by atoms with Gasteiger partial charge in [-0.2, -0.15) is 5.10 Å². The molecule has 3 rings (SSSR count). The number of nitrogens with zero attached hydrogens (tertiary/aromatic N) is 3. The fourth-order valence-electron chi connectivity index (χ4n) is 2.78. The molecule has 6 heteroatoms. The molecule has 21 heavy (non-hydrogen) atoms. The summed E-state index contributed by atoms with van der Waals surface area (Å²) in [6, 6.07) is 2.47. The summed E-state index contributed by atoms with van der Waals surface area (Å²) < 4.78 is 2.02. The van der Waals surface area contributed by atoms with Crippen LogP contribution in [0.1, 0.15) is 52.9 Å². The molecule has 5 nitrogen and oxygen atoms in total. The van der Waals surface area contributed by atoms with Crippen molar-refractivity contribution in [3.05, 3.63) is 34.0 Å². The molecule has 0 unspecified atom stereocenters. The minimum atomic E-state index is 0.0335. The van der Waals surface area contributed by atoms with E-state index < -0.39 is 0 Å². The highest BCUT2D eigenvalue weighted by atomic mass is 32.1. The third kappa shape index (κ3) is 3.39. The minimum Gasteiger partial charge on any atom is -0.330 e. The lowest BCUT2D eigenvalue weighted by Gasteiger charge is -2.08. The van der Waals surface area contributed by atoms with Gasteiger partial charge in [0, 0.05) is 18.0 Å². The molecule has 1 fully saturated rings. The predicted octanol–water partition coefficient (Wildman–Crippen LogP) is 2.38. The number of thiazole rings is 1. The van der Waals surface area contributed by atoms with E-state index in [0.29, 0.717) is 24.7 Å². The van der Waals surface area contributed by atoms with Crippen LogP contribution in [0.2, 0.25) is 0 Å². The number of ketones is 1. The Kier molecular flexibility index (Phi) is 4.45. The van der Waals surface area contributed by atoms with Crippen molar-refractivity contribution in [2.24, 2.45) is 5.73 Å². The van der Waals surface area contributed by atoms with Crippen LogP contribution in [0.3, 0.4) is 0 Å². The summed E-state index contributed by atoms with van der Waals surface area (Å²) in [4.78, 5) is 16.6. The number of Topliss-reactive ketones (excluding diaryl/α,β-unsaturated/α-hetero) is 1. The second-order valence-electron chi connectivity index (χ2n) is 5.49. The topological polar surface area (TPSA) is 73.8 Å². The van der Waals surface area contributed by atoms with Crippen molar-refractivity contribution in [2.75, 3.05) is 6.54 Å². The van der Waals surface area contributed by atoms with E-state index >= 15 is 0 Å². The van der Waals surface area contributed by atoms with Crippen molar-refractivity contribution in [3.8, 4) is 0 Å². The standard InChI is InChI=1S/C15H20N4OS/c16-7-5-15-17-13(10-21-15)14(20)9-11-6-8-19(18-11)12-3-1-2-4-12/h6,8,10,12H,1-5,7,9,16H2. The first kappa shape index (κ1) is 14.4. The Balaban J connectivity index is 1.63. The summed E-state index contributed by atoms with van der Waals surface area (Å²) in [7, 11) is 0. The first-order valence-electron chi connectivity index (χ1n) is 7.48. The average molecular weight is 304 g/mol. The quantitative estimate of drug-likeness (QED) is 0.832. The SMILES string of the molecule is NCCc1nc(C(=O)Cc2ccn(C3CCCC3)n2)cs1. The molecule has 0 radical (unpaired) electrons. The van der Waals surface area contributed by atoms with Gasteiger partial charge in [0.05, 0.1) is 23.2 Å². The van der Waals surface area contributed by atoms with Gasteiger partial charge in [-0.05, 0) is 25.5 Å². The molecule has 0 aliphatic heterocycles. The van der Waals surface area contributed by atoms with Crippen LogP contribution >= 0.6 is 11.3 Å². The van der Waals surface area contributed by atoms with Gasteiger partial charge in [0.1, 0.15) is 5.69 Å². The molecule has 1 saturated carbocycles. The summed E-state index contributed by atoms with van der Waals surface area (Å²) in [5, 5.41) is 7.30. The Hall–Kier alpha value is -1.53. The summed E-state index contributed by atoms with van der Waals surface area (Å²) >= 11 is 1.50. The van der Waals surface area contributed by atoms with Gasteiger partial charge >= 0.3 is 0 Å². The lowest BCUT2D eigenvalue weighted by molar-refractivity contribution is 0.0987. The lowest BCUT2D eigenvalue weighted by Crippen LogP contribution is -2.09. The maximum absolute atomic E-state index is 12.2. The highest BCUT2D eigenvalue weighted by Crippen LogP contribution is 2.28. The zero-order chi connectivity index (χ0) is 14.7. The van der Waals surface area contributed by atoms with E-state index in [1.165, 1.54) is 37.0 Å². The van der Waals surface area contributed by atoms with Crippen molar-refractivity contribution in [2.45, 2.75) is 44.6 Å². The summed E-state index contributed by atoms with van der Waals surface area (Å²) in [5.74, 6) is 0.0335. The summed E-state index contributed by atoms with van der Waals surface area (Å²) in [6.45, 7) is 0.562. The molecule has 0 amide bonds. The maximum Gasteiger partial charge on any atom is 0.188 e. The van der Waals surface area contributed by atoms with Gasteiger partial charge in [0.15, 0.2) is 5.78 Å². The van der Waals surface area contributed by atoms with Gasteiger partial charge < -0.3 is 5.73 Å². The smallest absolute Gasteiger partial charge is 0.188 e. The molecule has 1 aliphatic rings. The van der Waals surface area contributed by atoms with Crippen LogP contribution in [-0.2, 0) is 12.8 Å². The second-order valence-corrected chi connectivity index (χ2v) is 6.43. The van der Waals surface area contributed by atoms with Gasteiger partial charge in [-0.15, -0.1) is 11.3 Å². The Morgan fingerprint density at radius 3 is 3.00 bits per heavy atom. The van der Waals surface area contributed by atoms with Crippen LogP contribution in [-0.4, -0.2) is 27.1 Å². The van der Waals surface area contributed by atoms with Gasteiger partial charge in [0.2, 0.25) is 0 Å². The predicted molar refractivity (Wildman–Crippen MR) is 82.6 cm³/mol. The van der Waals surface area contributed by atoms with Crippen LogP contribution in [0.5, 0.6) is 0 Å². The molecule has 2 heterocycles. The van der Waals surface area contributed by atoms with Crippen molar-refractivity contribution in [1.82, 2.24) is 14.8 Å². The van der Waals surface area contributed by atoms with Gasteiger partial charge in [-0.1, -0.05) is 12.8 Å². The maximum atomic E-state index is 12.2. The molecule has 0 aromatic carbocycles. The molecule has 112 valence electrons. The largest absolute Gasteiger partial charge is 0.330 e. The third-order valence-electron chi connectivity index (χ3n) is 3.90. The van der Waals surface area contributed by atoms with Crippen LogP contribution < -0.4 is 5.73 Å². The molecule has 2 aromatic heterocycles. The number of nitrogens with two attached hydrogens (primary N) is 1. The lowest BCUT2D eigenvalue weighted by atomic mass is 10.2. The first-order chi connectivity index (χ1) is 10.3. The van der Waals surface area contributed by atoms with Gasteiger partial charge in [0.25, 0.3) is 0 Å². The molecule has 1 aliphatic carbocycles. The minimum absolute atomic E-state index is 0.0335. The molecular weight excluding hydrogens is 284 g/mol. The van der Waals surface area contributed by atoms with E-state index in [1.54, 1.807) is 0 Å². The van der Waals surface area contributed by atoms with Crippen molar-refractivity contribution in [1.29, 1.82) is 0 Å². The Labute approximate surface area is 128 Å². The number of carbonyl (C=O) groups is 1.